The molecule has 2 amide bonds. The van der Waals surface area contributed by atoms with Gasteiger partial charge in [-0.1, -0.05) is 24.3 Å². The predicted octanol–water partition coefficient (Wildman–Crippen LogP) is 4.38. The molecule has 160 valence electrons. The number of hydrogen-bond donors (Lipinski definition) is 0. The van der Waals surface area contributed by atoms with Crippen molar-refractivity contribution in [1.29, 1.82) is 0 Å². The molecule has 3 heterocycles. The Morgan fingerprint density at radius 1 is 1.10 bits per heavy atom. The third-order valence-electron chi connectivity index (χ3n) is 5.75. The maximum Gasteiger partial charge on any atom is 0.263 e. The monoisotopic (exact) mass is 437 g/mol. The Morgan fingerprint density at radius 2 is 1.84 bits per heavy atom. The fraction of sp³-hybridized carbons (Fsp3) is 0.292. The molecule has 1 unspecified atom stereocenters. The first-order valence-corrected chi connectivity index (χ1v) is 11.2. The Hall–Kier alpha value is -3.06. The van der Waals surface area contributed by atoms with Crippen LogP contribution in [0.5, 0.6) is 0 Å². The van der Waals surface area contributed by atoms with Crippen molar-refractivity contribution in [1.82, 2.24) is 14.8 Å². The predicted molar refractivity (Wildman–Crippen MR) is 118 cm³/mol. The summed E-state index contributed by atoms with van der Waals surface area (Å²) in [5.74, 6) is -0.431. The highest BCUT2D eigenvalue weighted by Crippen LogP contribution is 2.30. The van der Waals surface area contributed by atoms with Gasteiger partial charge in [0, 0.05) is 32.3 Å². The third kappa shape index (κ3) is 4.66. The number of hydrogen-bond acceptors (Lipinski definition) is 4. The summed E-state index contributed by atoms with van der Waals surface area (Å²) in [6.07, 6.45) is 2.94. The smallest absolute Gasteiger partial charge is 0.263 e. The molecule has 31 heavy (non-hydrogen) atoms. The van der Waals surface area contributed by atoms with Crippen molar-refractivity contribution in [3.05, 3.63) is 88.1 Å². The van der Waals surface area contributed by atoms with Crippen molar-refractivity contribution in [2.75, 3.05) is 20.1 Å². The van der Waals surface area contributed by atoms with E-state index in [0.717, 1.165) is 16.1 Å². The van der Waals surface area contributed by atoms with Crippen molar-refractivity contribution < 1.29 is 14.0 Å². The molecule has 1 saturated heterocycles. The van der Waals surface area contributed by atoms with E-state index < -0.39 is 6.04 Å². The topological polar surface area (TPSA) is 53.5 Å². The number of carbonyl (C=O) groups is 2. The van der Waals surface area contributed by atoms with Crippen LogP contribution in [0.3, 0.4) is 0 Å². The lowest BCUT2D eigenvalue weighted by atomic mass is 9.93. The van der Waals surface area contributed by atoms with Gasteiger partial charge >= 0.3 is 0 Å². The van der Waals surface area contributed by atoms with Crippen LogP contribution in [0.25, 0.3) is 0 Å². The number of benzene rings is 1. The van der Waals surface area contributed by atoms with Crippen LogP contribution in [0.4, 0.5) is 4.39 Å². The van der Waals surface area contributed by atoms with E-state index >= 15 is 0 Å². The van der Waals surface area contributed by atoms with Crippen molar-refractivity contribution >= 4 is 23.2 Å². The Kier molecular flexibility index (Phi) is 6.42. The van der Waals surface area contributed by atoms with Crippen LogP contribution >= 0.6 is 11.3 Å². The summed E-state index contributed by atoms with van der Waals surface area (Å²) in [7, 11) is 1.77. The van der Waals surface area contributed by atoms with E-state index in [1.54, 1.807) is 30.3 Å². The lowest BCUT2D eigenvalue weighted by Gasteiger charge is -2.35. The number of carbonyl (C=O) groups excluding carboxylic acids is 2. The van der Waals surface area contributed by atoms with Crippen LogP contribution < -0.4 is 0 Å². The molecule has 1 aliphatic rings. The maximum absolute atomic E-state index is 13.5. The van der Waals surface area contributed by atoms with E-state index in [4.69, 9.17) is 0 Å². The van der Waals surface area contributed by atoms with Crippen molar-refractivity contribution in [2.24, 2.45) is 5.92 Å². The standard InChI is InChI=1S/C24H24FN3O2S/c1-27(22(20-5-2-3-13-26-20)17-7-9-19(25)10-8-17)23(29)18-11-14-28(15-12-18)24(30)21-6-4-16-31-21/h2-10,13,16,18,22H,11-12,14-15H2,1H3. The van der Waals surface area contributed by atoms with E-state index in [9.17, 15) is 14.0 Å². The van der Waals surface area contributed by atoms with Gasteiger partial charge in [0.05, 0.1) is 16.6 Å². The molecular formula is C24H24FN3O2S. The number of amides is 2. The first kappa shape index (κ1) is 21.2. The number of nitrogens with zero attached hydrogens (tertiary/aromatic N) is 3. The van der Waals surface area contributed by atoms with Gasteiger partial charge in [0.2, 0.25) is 5.91 Å². The van der Waals surface area contributed by atoms with E-state index in [0.29, 0.717) is 25.9 Å². The molecule has 1 atom stereocenters. The van der Waals surface area contributed by atoms with Crippen LogP contribution in [0.1, 0.15) is 39.8 Å². The molecule has 1 fully saturated rings. The average molecular weight is 438 g/mol. The number of aromatic nitrogens is 1. The van der Waals surface area contributed by atoms with E-state index in [1.165, 1.54) is 23.5 Å². The molecule has 1 aromatic carbocycles. The fourth-order valence-corrected chi connectivity index (χ4v) is 4.77. The molecule has 0 radical (unpaired) electrons. The van der Waals surface area contributed by atoms with Gasteiger partial charge in [0.15, 0.2) is 0 Å². The lowest BCUT2D eigenvalue weighted by molar-refractivity contribution is -0.137. The van der Waals surface area contributed by atoms with Crippen LogP contribution in [0.2, 0.25) is 0 Å². The molecule has 0 N–H and O–H groups in total. The van der Waals surface area contributed by atoms with E-state index in [2.05, 4.69) is 4.98 Å². The number of rotatable bonds is 5. The molecule has 3 aromatic rings. The summed E-state index contributed by atoms with van der Waals surface area (Å²) in [4.78, 5) is 34.7. The Morgan fingerprint density at radius 3 is 2.45 bits per heavy atom. The third-order valence-corrected chi connectivity index (χ3v) is 6.61. The second-order valence-corrected chi connectivity index (χ2v) is 8.65. The minimum absolute atomic E-state index is 0.0169. The summed E-state index contributed by atoms with van der Waals surface area (Å²) in [6, 6.07) is 15.1. The SMILES string of the molecule is CN(C(=O)C1CCN(C(=O)c2cccs2)CC1)C(c1ccc(F)cc1)c1ccccn1. The number of likely N-dealkylation sites (tertiary alicyclic amines) is 1. The van der Waals surface area contributed by atoms with Gasteiger partial charge in [-0.25, -0.2) is 4.39 Å². The quantitative estimate of drug-likeness (QED) is 0.595. The van der Waals surface area contributed by atoms with E-state index in [-0.39, 0.29) is 23.5 Å². The highest BCUT2D eigenvalue weighted by molar-refractivity contribution is 7.12. The Bertz CT molecular complexity index is 1020. The zero-order valence-corrected chi connectivity index (χ0v) is 18.1. The minimum atomic E-state index is -0.403. The van der Waals surface area contributed by atoms with Crippen LogP contribution in [-0.4, -0.2) is 46.7 Å². The summed E-state index contributed by atoms with van der Waals surface area (Å²) in [6.45, 7) is 1.12. The van der Waals surface area contributed by atoms with Gasteiger partial charge in [0.25, 0.3) is 5.91 Å². The molecular weight excluding hydrogens is 413 g/mol. The van der Waals surface area contributed by atoms with Gasteiger partial charge in [-0.3, -0.25) is 14.6 Å². The van der Waals surface area contributed by atoms with Crippen molar-refractivity contribution in [3.8, 4) is 0 Å². The molecule has 1 aliphatic heterocycles. The van der Waals surface area contributed by atoms with Crippen molar-refractivity contribution in [3.63, 3.8) is 0 Å². The zero-order valence-electron chi connectivity index (χ0n) is 17.3. The molecule has 2 aromatic heterocycles. The first-order chi connectivity index (χ1) is 15.0. The second kappa shape index (κ2) is 9.39. The van der Waals surface area contributed by atoms with Gasteiger partial charge < -0.3 is 9.80 Å². The molecule has 7 heteroatoms. The second-order valence-electron chi connectivity index (χ2n) is 7.70. The van der Waals surface area contributed by atoms with Gasteiger partial charge in [0.1, 0.15) is 5.82 Å². The molecule has 0 saturated carbocycles. The molecule has 0 spiro atoms. The van der Waals surface area contributed by atoms with Gasteiger partial charge in [-0.05, 0) is 54.1 Å². The highest BCUT2D eigenvalue weighted by atomic mass is 32.1. The lowest BCUT2D eigenvalue weighted by Crippen LogP contribution is -2.44. The fourth-order valence-electron chi connectivity index (χ4n) is 4.08. The van der Waals surface area contributed by atoms with Crippen molar-refractivity contribution in [2.45, 2.75) is 18.9 Å². The minimum Gasteiger partial charge on any atom is -0.338 e. The largest absolute Gasteiger partial charge is 0.338 e. The summed E-state index contributed by atoms with van der Waals surface area (Å²) >= 11 is 1.44. The number of thiophene rings is 1. The van der Waals surface area contributed by atoms with Crippen LogP contribution in [0, 0.1) is 11.7 Å². The van der Waals surface area contributed by atoms with Crippen LogP contribution in [0.15, 0.2) is 66.2 Å². The number of piperidine rings is 1. The molecule has 0 bridgehead atoms. The summed E-state index contributed by atoms with van der Waals surface area (Å²) in [5, 5.41) is 1.89. The first-order valence-electron chi connectivity index (χ1n) is 10.3. The average Bonchev–Trinajstić information content (AvgIpc) is 3.35. The van der Waals surface area contributed by atoms with Crippen LogP contribution in [-0.2, 0) is 4.79 Å². The molecule has 5 nitrogen and oxygen atoms in total. The normalized spacial score (nSPS) is 15.5. The van der Waals surface area contributed by atoms with Gasteiger partial charge in [-0.2, -0.15) is 0 Å². The molecule has 4 rings (SSSR count). The summed E-state index contributed by atoms with van der Waals surface area (Å²) in [5.41, 5.74) is 1.54. The Labute approximate surface area is 185 Å². The zero-order chi connectivity index (χ0) is 21.8. The highest BCUT2D eigenvalue weighted by Gasteiger charge is 2.33. The van der Waals surface area contributed by atoms with Gasteiger partial charge in [-0.15, -0.1) is 11.3 Å². The number of pyridine rings is 1. The number of halogens is 1. The molecule has 0 aliphatic carbocycles. The van der Waals surface area contributed by atoms with E-state index in [1.807, 2.05) is 40.6 Å². The Balaban J connectivity index is 1.49. The summed E-state index contributed by atoms with van der Waals surface area (Å²) < 4.78 is 13.5. The maximum atomic E-state index is 13.5.